The highest BCUT2D eigenvalue weighted by Gasteiger charge is 2.10. The van der Waals surface area contributed by atoms with Gasteiger partial charge in [-0.05, 0) is 23.8 Å². The Hall–Kier alpha value is -2.40. The zero-order chi connectivity index (χ0) is 14.7. The van der Waals surface area contributed by atoms with Crippen LogP contribution in [0, 0.1) is 0 Å². The van der Waals surface area contributed by atoms with Gasteiger partial charge in [0.05, 0.1) is 0 Å². The molecule has 2 rings (SSSR count). The second kappa shape index (κ2) is 5.71. The molecule has 0 fully saturated rings. The Morgan fingerprint density at radius 2 is 2.00 bits per heavy atom. The Bertz CT molecular complexity index is 803. The number of nitrogens with zero attached hydrogens (tertiary/aromatic N) is 1. The molecule has 1 N–H and O–H groups in total. The van der Waals surface area contributed by atoms with Gasteiger partial charge in [0.25, 0.3) is 5.56 Å². The molecule has 1 aromatic heterocycles. The monoisotopic (exact) mass is 290 g/mol. The van der Waals surface area contributed by atoms with E-state index in [1.54, 1.807) is 24.3 Å². The average Bonchev–Trinajstić information content (AvgIpc) is 2.44. The number of carbonyl (C=O) groups excluding carboxylic acids is 1. The van der Waals surface area contributed by atoms with E-state index in [1.807, 2.05) is 0 Å². The van der Waals surface area contributed by atoms with Crippen LogP contribution in [-0.4, -0.2) is 15.3 Å². The van der Waals surface area contributed by atoms with Crippen molar-refractivity contribution in [3.8, 4) is 0 Å². The van der Waals surface area contributed by atoms with Gasteiger partial charge in [0.1, 0.15) is 5.56 Å². The van der Waals surface area contributed by atoms with E-state index in [4.69, 9.17) is 11.6 Å². The Morgan fingerprint density at radius 3 is 2.70 bits per heavy atom. The van der Waals surface area contributed by atoms with Gasteiger partial charge in [0, 0.05) is 18.3 Å². The summed E-state index contributed by atoms with van der Waals surface area (Å²) in [5.74, 6) is -0.498. The molecule has 0 unspecified atom stereocenters. The minimum absolute atomic E-state index is 0.101. The lowest BCUT2D eigenvalue weighted by Crippen LogP contribution is -2.35. The molecule has 2 aromatic rings. The van der Waals surface area contributed by atoms with Gasteiger partial charge in [-0.15, -0.1) is 0 Å². The highest BCUT2D eigenvalue weighted by atomic mass is 35.5. The molecule has 102 valence electrons. The van der Waals surface area contributed by atoms with E-state index in [0.717, 1.165) is 10.8 Å². The van der Waals surface area contributed by atoms with Crippen LogP contribution in [0.15, 0.2) is 46.1 Å². The first-order chi connectivity index (χ1) is 9.50. The number of benzene rings is 1. The highest BCUT2D eigenvalue weighted by Crippen LogP contribution is 2.16. The quantitative estimate of drug-likeness (QED) is 0.690. The molecule has 0 saturated carbocycles. The Morgan fingerprint density at radius 1 is 1.30 bits per heavy atom. The predicted molar refractivity (Wildman–Crippen MR) is 77.1 cm³/mol. The molecule has 0 aliphatic heterocycles. The fourth-order valence-corrected chi connectivity index (χ4v) is 1.81. The second-order valence-corrected chi connectivity index (χ2v) is 4.50. The predicted octanol–water partition coefficient (Wildman–Crippen LogP) is 1.62. The third-order valence-corrected chi connectivity index (χ3v) is 3.11. The highest BCUT2D eigenvalue weighted by molar-refractivity contribution is 6.32. The largest absolute Gasteiger partial charge is 0.328 e. The van der Waals surface area contributed by atoms with Gasteiger partial charge < -0.3 is 4.98 Å². The molecular weight excluding hydrogens is 280 g/mol. The average molecular weight is 291 g/mol. The number of aromatic nitrogens is 2. The molecule has 6 heteroatoms. The number of ketones is 1. The fourth-order valence-electron chi connectivity index (χ4n) is 1.61. The van der Waals surface area contributed by atoms with E-state index in [0.29, 0.717) is 10.6 Å². The minimum Gasteiger partial charge on any atom is -0.313 e. The number of allylic oxidation sites excluding steroid dienone is 1. The summed E-state index contributed by atoms with van der Waals surface area (Å²) in [4.78, 5) is 37.2. The standard InChI is InChI=1S/C14H11ClN2O3/c1-17-13(19)10(8-16-14(17)20)12(18)7-6-9-4-2-3-5-11(9)15/h2-8H,1H3,(H,16,20)/b7-6+. The van der Waals surface area contributed by atoms with Gasteiger partial charge in [-0.25, -0.2) is 4.79 Å². The smallest absolute Gasteiger partial charge is 0.313 e. The van der Waals surface area contributed by atoms with Gasteiger partial charge in [-0.2, -0.15) is 0 Å². The number of aromatic amines is 1. The zero-order valence-corrected chi connectivity index (χ0v) is 11.3. The van der Waals surface area contributed by atoms with Crippen LogP contribution in [0.4, 0.5) is 0 Å². The summed E-state index contributed by atoms with van der Waals surface area (Å²) in [6.45, 7) is 0. The van der Waals surface area contributed by atoms with Gasteiger partial charge in [0.2, 0.25) is 0 Å². The number of carbonyl (C=O) groups is 1. The van der Waals surface area contributed by atoms with Gasteiger partial charge in [-0.3, -0.25) is 14.2 Å². The molecule has 1 aromatic carbocycles. The first kappa shape index (κ1) is 14.0. The normalized spacial score (nSPS) is 10.9. The van der Waals surface area contributed by atoms with E-state index in [-0.39, 0.29) is 5.56 Å². The third kappa shape index (κ3) is 2.78. The summed E-state index contributed by atoms with van der Waals surface area (Å²) in [5.41, 5.74) is -0.636. The van der Waals surface area contributed by atoms with Crippen LogP contribution < -0.4 is 11.2 Å². The van der Waals surface area contributed by atoms with Gasteiger partial charge in [0.15, 0.2) is 5.78 Å². The molecule has 0 bridgehead atoms. The Labute approximate surface area is 119 Å². The third-order valence-electron chi connectivity index (χ3n) is 2.76. The van der Waals surface area contributed by atoms with Crippen molar-refractivity contribution in [3.05, 3.63) is 73.5 Å². The van der Waals surface area contributed by atoms with Crippen LogP contribution in [0.1, 0.15) is 15.9 Å². The van der Waals surface area contributed by atoms with Crippen molar-refractivity contribution in [1.29, 1.82) is 0 Å². The van der Waals surface area contributed by atoms with Crippen molar-refractivity contribution in [1.82, 2.24) is 9.55 Å². The lowest BCUT2D eigenvalue weighted by Gasteiger charge is -1.99. The number of rotatable bonds is 3. The van der Waals surface area contributed by atoms with Gasteiger partial charge in [-0.1, -0.05) is 29.8 Å². The molecule has 0 saturated heterocycles. The number of halogens is 1. The number of hydrogen-bond donors (Lipinski definition) is 1. The van der Waals surface area contributed by atoms with Crippen LogP contribution in [-0.2, 0) is 7.05 Å². The first-order valence-electron chi connectivity index (χ1n) is 5.76. The Kier molecular flexibility index (Phi) is 4.00. The molecular formula is C14H11ClN2O3. The van der Waals surface area contributed by atoms with Crippen LogP contribution in [0.5, 0.6) is 0 Å². The molecule has 1 heterocycles. The van der Waals surface area contributed by atoms with Crippen molar-refractivity contribution in [2.24, 2.45) is 7.05 Å². The van der Waals surface area contributed by atoms with Gasteiger partial charge >= 0.3 is 5.69 Å². The van der Waals surface area contributed by atoms with Crippen molar-refractivity contribution >= 4 is 23.5 Å². The first-order valence-corrected chi connectivity index (χ1v) is 6.14. The van der Waals surface area contributed by atoms with Crippen molar-refractivity contribution in [2.75, 3.05) is 0 Å². The topological polar surface area (TPSA) is 71.9 Å². The van der Waals surface area contributed by atoms with E-state index in [9.17, 15) is 14.4 Å². The van der Waals surface area contributed by atoms with E-state index in [1.165, 1.54) is 19.2 Å². The van der Waals surface area contributed by atoms with Crippen LogP contribution >= 0.6 is 11.6 Å². The summed E-state index contributed by atoms with van der Waals surface area (Å²) < 4.78 is 0.844. The molecule has 5 nitrogen and oxygen atoms in total. The molecule has 20 heavy (non-hydrogen) atoms. The summed E-state index contributed by atoms with van der Waals surface area (Å²) in [6.07, 6.45) is 3.88. The van der Waals surface area contributed by atoms with E-state index in [2.05, 4.69) is 4.98 Å². The SMILES string of the molecule is Cn1c(=O)[nH]cc(C(=O)/C=C/c2ccccc2Cl)c1=O. The van der Waals surface area contributed by atoms with Crippen LogP contribution in [0.2, 0.25) is 5.02 Å². The molecule has 0 aliphatic rings. The molecule has 0 atom stereocenters. The molecule has 0 radical (unpaired) electrons. The maximum Gasteiger partial charge on any atom is 0.328 e. The van der Waals surface area contributed by atoms with Crippen molar-refractivity contribution in [3.63, 3.8) is 0 Å². The lowest BCUT2D eigenvalue weighted by molar-refractivity contribution is 0.104. The summed E-state index contributed by atoms with van der Waals surface area (Å²) >= 11 is 5.96. The van der Waals surface area contributed by atoms with E-state index < -0.39 is 17.0 Å². The summed E-state index contributed by atoms with van der Waals surface area (Å²) in [6, 6.07) is 7.01. The lowest BCUT2D eigenvalue weighted by atomic mass is 10.1. The molecule has 0 amide bonds. The maximum atomic E-state index is 11.9. The molecule has 0 spiro atoms. The number of hydrogen-bond acceptors (Lipinski definition) is 3. The van der Waals surface area contributed by atoms with Crippen LogP contribution in [0.25, 0.3) is 6.08 Å². The number of nitrogens with one attached hydrogen (secondary N) is 1. The fraction of sp³-hybridized carbons (Fsp3) is 0.0714. The second-order valence-electron chi connectivity index (χ2n) is 4.09. The summed E-state index contributed by atoms with van der Waals surface area (Å²) in [7, 11) is 1.30. The molecule has 0 aliphatic carbocycles. The van der Waals surface area contributed by atoms with E-state index >= 15 is 0 Å². The Balaban J connectivity index is 2.35. The minimum atomic E-state index is -0.637. The number of H-pyrrole nitrogens is 1. The van der Waals surface area contributed by atoms with Crippen molar-refractivity contribution in [2.45, 2.75) is 0 Å². The maximum absolute atomic E-state index is 11.9. The van der Waals surface area contributed by atoms with Crippen LogP contribution in [0.3, 0.4) is 0 Å². The zero-order valence-electron chi connectivity index (χ0n) is 10.6. The summed E-state index contributed by atoms with van der Waals surface area (Å²) in [5, 5.41) is 0.505. The van der Waals surface area contributed by atoms with Crippen molar-refractivity contribution < 1.29 is 4.79 Å².